The Hall–Kier alpha value is -3.40. The number of nitrogens with one attached hydrogen (secondary N) is 2. The Balaban J connectivity index is 1.97. The highest BCUT2D eigenvalue weighted by Gasteiger charge is 2.22. The van der Waals surface area contributed by atoms with Crippen LogP contribution in [0.15, 0.2) is 65.6 Å². The van der Waals surface area contributed by atoms with Crippen LogP contribution in [0.2, 0.25) is 0 Å². The van der Waals surface area contributed by atoms with Gasteiger partial charge in [-0.3, -0.25) is 9.52 Å². The number of carbonyl (C=O) groups excluding carboxylic acids is 1. The molecule has 0 aliphatic heterocycles. The molecule has 0 aliphatic rings. The molecule has 0 saturated heterocycles. The van der Waals surface area contributed by atoms with Crippen LogP contribution in [0, 0.1) is 23.3 Å². The van der Waals surface area contributed by atoms with Gasteiger partial charge in [-0.1, -0.05) is 6.07 Å². The van der Waals surface area contributed by atoms with E-state index >= 15 is 0 Å². The molecule has 0 spiro atoms. The molecule has 0 saturated carbocycles. The van der Waals surface area contributed by atoms with Crippen molar-refractivity contribution in [2.75, 3.05) is 10.0 Å². The number of carbonyl (C=O) groups is 1. The molecule has 3 aromatic carbocycles. The van der Waals surface area contributed by atoms with Gasteiger partial charge in [0.25, 0.3) is 15.9 Å². The standard InChI is InChI=1S/C19H12F4N2O3S/c20-11-4-6-13(7-5-11)24-19(26)15-9-16(22)17(23)10-18(15)25-29(27,28)14-3-1-2-12(21)8-14/h1-10,25H,(H,24,26). The van der Waals surface area contributed by atoms with Crippen LogP contribution in [0.5, 0.6) is 0 Å². The van der Waals surface area contributed by atoms with E-state index in [9.17, 15) is 30.8 Å². The number of amides is 1. The van der Waals surface area contributed by atoms with Gasteiger partial charge in [0.2, 0.25) is 0 Å². The van der Waals surface area contributed by atoms with Crippen molar-refractivity contribution in [2.24, 2.45) is 0 Å². The molecule has 0 heterocycles. The fourth-order valence-electron chi connectivity index (χ4n) is 2.39. The molecule has 5 nitrogen and oxygen atoms in total. The molecule has 0 bridgehead atoms. The number of benzene rings is 3. The first-order valence-corrected chi connectivity index (χ1v) is 9.48. The number of halogens is 4. The molecule has 150 valence electrons. The van der Waals surface area contributed by atoms with Crippen LogP contribution in [0.4, 0.5) is 28.9 Å². The first-order valence-electron chi connectivity index (χ1n) is 8.00. The van der Waals surface area contributed by atoms with Gasteiger partial charge >= 0.3 is 0 Å². The van der Waals surface area contributed by atoms with Crippen molar-refractivity contribution in [1.82, 2.24) is 0 Å². The molecule has 3 aromatic rings. The summed E-state index contributed by atoms with van der Waals surface area (Å²) in [7, 11) is -4.41. The van der Waals surface area contributed by atoms with Gasteiger partial charge < -0.3 is 5.32 Å². The lowest BCUT2D eigenvalue weighted by Crippen LogP contribution is -2.19. The van der Waals surface area contributed by atoms with E-state index in [0.29, 0.717) is 12.1 Å². The predicted octanol–water partition coefficient (Wildman–Crippen LogP) is 4.30. The monoisotopic (exact) mass is 424 g/mol. The summed E-state index contributed by atoms with van der Waals surface area (Å²) in [5.41, 5.74) is -0.957. The Bertz CT molecular complexity index is 1180. The van der Waals surface area contributed by atoms with Crippen molar-refractivity contribution in [2.45, 2.75) is 4.90 Å². The van der Waals surface area contributed by atoms with Gasteiger partial charge in [0.15, 0.2) is 11.6 Å². The second-order valence-corrected chi connectivity index (χ2v) is 7.52. The van der Waals surface area contributed by atoms with Crippen molar-refractivity contribution in [3.8, 4) is 0 Å². The summed E-state index contributed by atoms with van der Waals surface area (Å²) in [6.45, 7) is 0. The molecule has 2 N–H and O–H groups in total. The number of rotatable bonds is 5. The second-order valence-electron chi connectivity index (χ2n) is 5.84. The number of anilines is 2. The summed E-state index contributed by atoms with van der Waals surface area (Å²) < 4.78 is 80.6. The molecular weight excluding hydrogens is 412 g/mol. The zero-order valence-corrected chi connectivity index (χ0v) is 15.2. The van der Waals surface area contributed by atoms with E-state index in [0.717, 1.165) is 36.4 Å². The van der Waals surface area contributed by atoms with Crippen LogP contribution in [-0.4, -0.2) is 14.3 Å². The summed E-state index contributed by atoms with van der Waals surface area (Å²) in [6, 6.07) is 9.57. The lowest BCUT2D eigenvalue weighted by Gasteiger charge is -2.14. The quantitative estimate of drug-likeness (QED) is 0.600. The Morgan fingerprint density at radius 3 is 2.10 bits per heavy atom. The summed E-state index contributed by atoms with van der Waals surface area (Å²) in [4.78, 5) is 12.0. The molecule has 3 rings (SSSR count). The Morgan fingerprint density at radius 1 is 0.793 bits per heavy atom. The summed E-state index contributed by atoms with van der Waals surface area (Å²) in [6.07, 6.45) is 0. The lowest BCUT2D eigenvalue weighted by atomic mass is 10.1. The molecule has 10 heteroatoms. The Morgan fingerprint density at radius 2 is 1.45 bits per heavy atom. The third-order valence-electron chi connectivity index (χ3n) is 3.76. The van der Waals surface area contributed by atoms with Crippen molar-refractivity contribution in [3.63, 3.8) is 0 Å². The highest BCUT2D eigenvalue weighted by Crippen LogP contribution is 2.25. The van der Waals surface area contributed by atoms with Gasteiger partial charge in [0, 0.05) is 11.8 Å². The van der Waals surface area contributed by atoms with Crippen molar-refractivity contribution in [1.29, 1.82) is 0 Å². The van der Waals surface area contributed by atoms with Gasteiger partial charge in [0.1, 0.15) is 11.6 Å². The third kappa shape index (κ3) is 4.72. The van der Waals surface area contributed by atoms with Crippen molar-refractivity contribution >= 4 is 27.3 Å². The zero-order valence-electron chi connectivity index (χ0n) is 14.4. The van der Waals surface area contributed by atoms with Gasteiger partial charge in [-0.2, -0.15) is 0 Å². The predicted molar refractivity (Wildman–Crippen MR) is 97.9 cm³/mol. The maximum absolute atomic E-state index is 13.7. The SMILES string of the molecule is O=C(Nc1ccc(F)cc1)c1cc(F)c(F)cc1NS(=O)(=O)c1cccc(F)c1. The van der Waals surface area contributed by atoms with Crippen LogP contribution < -0.4 is 10.0 Å². The number of sulfonamides is 1. The number of hydrogen-bond donors (Lipinski definition) is 2. The van der Waals surface area contributed by atoms with E-state index in [4.69, 9.17) is 0 Å². The molecule has 1 amide bonds. The fraction of sp³-hybridized carbons (Fsp3) is 0. The van der Waals surface area contributed by atoms with Gasteiger partial charge in [-0.25, -0.2) is 26.0 Å². The van der Waals surface area contributed by atoms with E-state index in [1.54, 1.807) is 0 Å². The Kier molecular flexibility index (Phi) is 5.55. The lowest BCUT2D eigenvalue weighted by molar-refractivity contribution is 0.102. The minimum atomic E-state index is -4.41. The van der Waals surface area contributed by atoms with E-state index in [1.807, 2.05) is 4.72 Å². The van der Waals surface area contributed by atoms with Crippen molar-refractivity contribution < 1.29 is 30.8 Å². The van der Waals surface area contributed by atoms with E-state index in [2.05, 4.69) is 5.32 Å². The highest BCUT2D eigenvalue weighted by molar-refractivity contribution is 7.92. The maximum atomic E-state index is 13.7. The van der Waals surface area contributed by atoms with Crippen LogP contribution in [-0.2, 0) is 10.0 Å². The van der Waals surface area contributed by atoms with Gasteiger partial charge in [0.05, 0.1) is 16.1 Å². The maximum Gasteiger partial charge on any atom is 0.262 e. The molecule has 29 heavy (non-hydrogen) atoms. The highest BCUT2D eigenvalue weighted by atomic mass is 32.2. The molecule has 0 fully saturated rings. The molecule has 0 aromatic heterocycles. The number of hydrogen-bond acceptors (Lipinski definition) is 3. The fourth-order valence-corrected chi connectivity index (χ4v) is 3.49. The summed E-state index contributed by atoms with van der Waals surface area (Å²) in [5.74, 6) is -5.15. The third-order valence-corrected chi connectivity index (χ3v) is 5.12. The van der Waals surface area contributed by atoms with Gasteiger partial charge in [-0.15, -0.1) is 0 Å². The van der Waals surface area contributed by atoms with E-state index in [-0.39, 0.29) is 5.69 Å². The topological polar surface area (TPSA) is 75.3 Å². The summed E-state index contributed by atoms with van der Waals surface area (Å²) >= 11 is 0. The van der Waals surface area contributed by atoms with Gasteiger partial charge in [-0.05, 0) is 48.5 Å². The molecule has 0 radical (unpaired) electrons. The van der Waals surface area contributed by atoms with E-state index < -0.39 is 55.3 Å². The smallest absolute Gasteiger partial charge is 0.262 e. The molecular formula is C19H12F4N2O3S. The minimum Gasteiger partial charge on any atom is -0.322 e. The largest absolute Gasteiger partial charge is 0.322 e. The second kappa shape index (κ2) is 7.92. The zero-order chi connectivity index (χ0) is 21.2. The van der Waals surface area contributed by atoms with Crippen molar-refractivity contribution in [3.05, 3.63) is 89.5 Å². The van der Waals surface area contributed by atoms with Crippen LogP contribution in [0.1, 0.15) is 10.4 Å². The first-order chi connectivity index (χ1) is 13.7. The summed E-state index contributed by atoms with van der Waals surface area (Å²) in [5, 5.41) is 2.32. The van der Waals surface area contributed by atoms with Crippen LogP contribution in [0.25, 0.3) is 0 Å². The van der Waals surface area contributed by atoms with E-state index in [1.165, 1.54) is 12.1 Å². The normalized spacial score (nSPS) is 11.2. The van der Waals surface area contributed by atoms with Crippen LogP contribution in [0.3, 0.4) is 0 Å². The van der Waals surface area contributed by atoms with Crippen LogP contribution >= 0.6 is 0 Å². The first kappa shape index (κ1) is 20.3. The molecule has 0 atom stereocenters. The average molecular weight is 424 g/mol. The molecule has 0 unspecified atom stereocenters. The minimum absolute atomic E-state index is 0.139. The Labute approximate surface area is 163 Å². The average Bonchev–Trinajstić information content (AvgIpc) is 2.66. The molecule has 0 aliphatic carbocycles.